The zero-order valence-electron chi connectivity index (χ0n) is 17.9. The predicted octanol–water partition coefficient (Wildman–Crippen LogP) is 2.40. The van der Waals surface area contributed by atoms with E-state index in [0.717, 1.165) is 0 Å². The van der Waals surface area contributed by atoms with Crippen LogP contribution < -0.4 is 0 Å². The summed E-state index contributed by atoms with van der Waals surface area (Å²) in [5.74, 6) is -2.75. The van der Waals surface area contributed by atoms with Crippen molar-refractivity contribution in [2.45, 2.75) is 26.0 Å². The molecule has 2 nitrogen and oxygen atoms in total. The quantitative estimate of drug-likeness (QED) is 0.599. The third kappa shape index (κ3) is 1.70. The van der Waals surface area contributed by atoms with E-state index in [1.165, 1.54) is 0 Å². The molecule has 0 amide bonds. The van der Waals surface area contributed by atoms with E-state index in [1.807, 2.05) is 0 Å². The molecule has 1 rings (SSSR count). The van der Waals surface area contributed by atoms with Crippen molar-refractivity contribution in [1.29, 1.82) is 0 Å². The van der Waals surface area contributed by atoms with Gasteiger partial charge in [-0.25, -0.2) is 0 Å². The Morgan fingerprint density at radius 1 is 1.33 bits per heavy atom. The fourth-order valence-corrected chi connectivity index (χ4v) is 0.661. The fraction of sp³-hybridized carbons (Fsp3) is 0.400. The number of benzene rings is 1. The Morgan fingerprint density at radius 2 is 2.00 bits per heavy atom. The molecule has 0 atom stereocenters. The smallest absolute Gasteiger partial charge is 0.119 e. The monoisotopic (exact) mass is 178 g/mol. The van der Waals surface area contributed by atoms with Gasteiger partial charge in [-0.3, -0.25) is 0 Å². The van der Waals surface area contributed by atoms with Crippen LogP contribution in [0.5, 0.6) is 11.5 Å². The van der Waals surface area contributed by atoms with Crippen LogP contribution >= 0.6 is 0 Å². The van der Waals surface area contributed by atoms with Crippen LogP contribution in [0.15, 0.2) is 18.1 Å². The van der Waals surface area contributed by atoms with Gasteiger partial charge in [0.05, 0.1) is 4.11 Å². The maximum atomic E-state index is 10.0. The van der Waals surface area contributed by atoms with E-state index in [0.29, 0.717) is 0 Å². The summed E-state index contributed by atoms with van der Waals surface area (Å²) < 4.78 is 90.1. The molecule has 66 valence electrons. The highest BCUT2D eigenvalue weighted by atomic mass is 16.3. The van der Waals surface area contributed by atoms with Crippen LogP contribution in [0, 0.1) is 0 Å². The van der Waals surface area contributed by atoms with Crippen LogP contribution in [0.2, 0.25) is 0 Å². The number of aromatic hydroxyl groups is 2. The molecule has 0 aliphatic carbocycles. The number of hydrogen-bond donors (Lipinski definition) is 2. The van der Waals surface area contributed by atoms with Crippen molar-refractivity contribution in [1.82, 2.24) is 0 Å². The number of phenols is 2. The molecule has 1 aromatic rings. The summed E-state index contributed by atoms with van der Waals surface area (Å²) in [6.45, 7) is -11.3. The first-order valence-corrected chi connectivity index (χ1v) is 2.95. The van der Waals surface area contributed by atoms with E-state index in [9.17, 15) is 10.2 Å². The van der Waals surface area contributed by atoms with E-state index < -0.39 is 61.2 Å². The Balaban J connectivity index is 4.27. The van der Waals surface area contributed by atoms with Crippen molar-refractivity contribution >= 4 is 0 Å². The van der Waals surface area contributed by atoms with E-state index in [2.05, 4.69) is 0 Å². The summed E-state index contributed by atoms with van der Waals surface area (Å²) in [5, 5.41) is 19.7. The summed E-state index contributed by atoms with van der Waals surface area (Å²) in [5.41, 5.74) is -5.17. The molecule has 1 aromatic carbocycles. The summed E-state index contributed by atoms with van der Waals surface area (Å²) >= 11 is 0. The Bertz CT molecular complexity index is 589. The normalized spacial score (nSPS) is 29.3. The molecule has 0 spiro atoms. The standard InChI is InChI=1S/C10H14O2/c1-10(2,3)8-6-7(11)4-5-9(8)12/h4-6,11-12H,1-3H3/i1D3,2D3,3D3,4D,5D,6D. The highest BCUT2D eigenvalue weighted by Gasteiger charge is 2.17. The zero-order valence-corrected chi connectivity index (χ0v) is 5.89. The lowest BCUT2D eigenvalue weighted by molar-refractivity contribution is 0.435. The first kappa shape index (κ1) is 2.00. The number of hydrogen-bond acceptors (Lipinski definition) is 2. The van der Waals surface area contributed by atoms with Crippen molar-refractivity contribution in [3.8, 4) is 11.5 Å². The van der Waals surface area contributed by atoms with Crippen molar-refractivity contribution in [2.24, 2.45) is 0 Å². The number of phenolic OH excluding ortho intramolecular Hbond substituents is 2. The molecular weight excluding hydrogens is 152 g/mol. The molecule has 0 heterocycles. The van der Waals surface area contributed by atoms with E-state index in [-0.39, 0.29) is 0 Å². The van der Waals surface area contributed by atoms with Crippen LogP contribution in [0.3, 0.4) is 0 Å². The minimum absolute atomic E-state index is 1.06. The van der Waals surface area contributed by atoms with Gasteiger partial charge in [0.25, 0.3) is 0 Å². The van der Waals surface area contributed by atoms with E-state index in [4.69, 9.17) is 16.4 Å². The first-order valence-electron chi connectivity index (χ1n) is 8.95. The SMILES string of the molecule is [2H]c1c([2H])c(O)c(C(C([2H])([2H])[2H])(C([2H])([2H])[2H])C([2H])([2H])[2H])c([2H])c1O. The van der Waals surface area contributed by atoms with E-state index >= 15 is 0 Å². The molecule has 0 unspecified atom stereocenters. The average Bonchev–Trinajstić information content (AvgIpc) is 2.34. The maximum absolute atomic E-state index is 10.0. The maximum Gasteiger partial charge on any atom is 0.119 e. The van der Waals surface area contributed by atoms with Crippen LogP contribution in [0.4, 0.5) is 0 Å². The summed E-state index contributed by atoms with van der Waals surface area (Å²) in [6.07, 6.45) is 0. The predicted molar refractivity (Wildman–Crippen MR) is 48.5 cm³/mol. The van der Waals surface area contributed by atoms with Crippen LogP contribution in [-0.2, 0) is 5.41 Å². The van der Waals surface area contributed by atoms with Gasteiger partial charge in [0, 0.05) is 17.9 Å². The first-order chi connectivity index (χ1) is 10.4. The molecule has 0 saturated carbocycles. The van der Waals surface area contributed by atoms with Crippen LogP contribution in [0.1, 0.15) is 42.6 Å². The van der Waals surface area contributed by atoms with Gasteiger partial charge in [0.2, 0.25) is 0 Å². The van der Waals surface area contributed by atoms with Gasteiger partial charge in [-0.15, -0.1) is 0 Å². The van der Waals surface area contributed by atoms with Gasteiger partial charge in [0.1, 0.15) is 11.5 Å². The van der Waals surface area contributed by atoms with Crippen molar-refractivity contribution in [3.05, 3.63) is 23.7 Å². The van der Waals surface area contributed by atoms with Gasteiger partial charge in [-0.05, 0) is 23.5 Å². The van der Waals surface area contributed by atoms with Crippen molar-refractivity contribution in [2.75, 3.05) is 0 Å². The third-order valence-corrected chi connectivity index (χ3v) is 1.15. The molecule has 12 heavy (non-hydrogen) atoms. The van der Waals surface area contributed by atoms with Crippen LogP contribution in [-0.4, -0.2) is 10.2 Å². The van der Waals surface area contributed by atoms with Gasteiger partial charge < -0.3 is 10.2 Å². The highest BCUT2D eigenvalue weighted by molar-refractivity contribution is 5.42. The Labute approximate surface area is 89.3 Å². The molecule has 0 aromatic heterocycles. The summed E-state index contributed by atoms with van der Waals surface area (Å²) in [7, 11) is 0. The van der Waals surface area contributed by atoms with Gasteiger partial charge in [0.15, 0.2) is 0 Å². The lowest BCUT2D eigenvalue weighted by atomic mass is 9.86. The topological polar surface area (TPSA) is 40.5 Å². The summed E-state index contributed by atoms with van der Waals surface area (Å²) in [6, 6.07) is -3.57. The highest BCUT2D eigenvalue weighted by Crippen LogP contribution is 2.32. The largest absolute Gasteiger partial charge is 0.508 e. The molecular formula is C10H14O2. The van der Waals surface area contributed by atoms with E-state index in [1.54, 1.807) is 0 Å². The van der Waals surface area contributed by atoms with Crippen molar-refractivity contribution in [3.63, 3.8) is 0 Å². The molecule has 2 N–H and O–H groups in total. The number of rotatable bonds is 0. The minimum Gasteiger partial charge on any atom is -0.508 e. The fourth-order valence-electron chi connectivity index (χ4n) is 0.661. The lowest BCUT2D eigenvalue weighted by Crippen LogP contribution is -2.10. The Morgan fingerprint density at radius 3 is 2.58 bits per heavy atom. The van der Waals surface area contributed by atoms with Gasteiger partial charge in [-0.1, -0.05) is 20.6 Å². The minimum atomic E-state index is -3.76. The molecule has 0 radical (unpaired) electrons. The van der Waals surface area contributed by atoms with Gasteiger partial charge in [-0.2, -0.15) is 0 Å². The van der Waals surface area contributed by atoms with Crippen LogP contribution in [0.25, 0.3) is 0 Å². The van der Waals surface area contributed by atoms with Gasteiger partial charge >= 0.3 is 0 Å². The third-order valence-electron chi connectivity index (χ3n) is 1.15. The Kier molecular flexibility index (Phi) is 0.451. The summed E-state index contributed by atoms with van der Waals surface area (Å²) in [4.78, 5) is 0. The molecule has 0 saturated heterocycles. The zero-order chi connectivity index (χ0) is 19.5. The van der Waals surface area contributed by atoms with Crippen molar-refractivity contribution < 1.29 is 26.7 Å². The molecule has 2 heteroatoms. The Hall–Kier alpha value is -1.18. The second-order valence-corrected chi connectivity index (χ2v) is 2.20. The molecule has 0 bridgehead atoms. The molecule has 0 aliphatic rings. The molecule has 0 fully saturated rings. The second kappa shape index (κ2) is 2.70. The lowest BCUT2D eigenvalue weighted by Gasteiger charge is -2.20. The second-order valence-electron chi connectivity index (χ2n) is 2.20. The average molecular weight is 178 g/mol. The molecule has 0 aliphatic heterocycles.